The highest BCUT2D eigenvalue weighted by atomic mass is 16.6. The Morgan fingerprint density at radius 2 is 1.33 bits per heavy atom. The fraction of sp³-hybridized carbons (Fsp3) is 0.487. The Kier molecular flexibility index (Phi) is 14.1. The Bertz CT molecular complexity index is 1340. The van der Waals surface area contributed by atoms with Crippen molar-refractivity contribution in [1.29, 1.82) is 0 Å². The number of hydrogen-bond donors (Lipinski definition) is 1. The summed E-state index contributed by atoms with van der Waals surface area (Å²) in [5, 5.41) is 2.80. The van der Waals surface area contributed by atoms with E-state index in [1.54, 1.807) is 12.1 Å². The van der Waals surface area contributed by atoms with Gasteiger partial charge >= 0.3 is 12.1 Å². The fourth-order valence-corrected chi connectivity index (χ4v) is 5.73. The SMILES string of the molecule is CC(C)(C)OC(=O)Nc1ccc(C(=O)OCc2ccccc2)c(CCCOC2CCCCCCCCC2OCc2ccccc2)c1. The summed E-state index contributed by atoms with van der Waals surface area (Å²) < 4.78 is 24.2. The molecular weight excluding hydrogens is 578 g/mol. The van der Waals surface area contributed by atoms with Crippen LogP contribution in [0.5, 0.6) is 0 Å². The van der Waals surface area contributed by atoms with Crippen LogP contribution in [-0.4, -0.2) is 36.5 Å². The smallest absolute Gasteiger partial charge is 0.412 e. The van der Waals surface area contributed by atoms with E-state index < -0.39 is 17.7 Å². The molecule has 46 heavy (non-hydrogen) atoms. The van der Waals surface area contributed by atoms with Crippen LogP contribution in [0.25, 0.3) is 0 Å². The summed E-state index contributed by atoms with van der Waals surface area (Å²) in [5.41, 5.74) is 3.30. The Balaban J connectivity index is 1.41. The molecule has 1 N–H and O–H groups in total. The third-order valence-corrected chi connectivity index (χ3v) is 8.05. The monoisotopic (exact) mass is 629 g/mol. The van der Waals surface area contributed by atoms with Gasteiger partial charge in [0.05, 0.1) is 24.4 Å². The average Bonchev–Trinajstić information content (AvgIpc) is 3.04. The van der Waals surface area contributed by atoms with Crippen molar-refractivity contribution in [3.63, 3.8) is 0 Å². The van der Waals surface area contributed by atoms with Crippen LogP contribution in [0.15, 0.2) is 78.9 Å². The number of esters is 1. The van der Waals surface area contributed by atoms with Gasteiger partial charge in [0.15, 0.2) is 0 Å². The normalized spacial score (nSPS) is 17.5. The number of ether oxygens (including phenoxy) is 4. The molecule has 4 rings (SSSR count). The summed E-state index contributed by atoms with van der Waals surface area (Å²) in [4.78, 5) is 25.7. The highest BCUT2D eigenvalue weighted by Gasteiger charge is 2.24. The molecule has 0 aliphatic heterocycles. The van der Waals surface area contributed by atoms with E-state index in [4.69, 9.17) is 18.9 Å². The lowest BCUT2D eigenvalue weighted by Gasteiger charge is -2.29. The second-order valence-electron chi connectivity index (χ2n) is 13.1. The summed E-state index contributed by atoms with van der Waals surface area (Å²) in [5.74, 6) is -0.398. The summed E-state index contributed by atoms with van der Waals surface area (Å²) >= 11 is 0. The maximum absolute atomic E-state index is 13.2. The molecule has 2 unspecified atom stereocenters. The predicted molar refractivity (Wildman–Crippen MR) is 182 cm³/mol. The zero-order valence-electron chi connectivity index (χ0n) is 27.8. The maximum atomic E-state index is 13.2. The van der Waals surface area contributed by atoms with E-state index in [0.29, 0.717) is 37.3 Å². The topological polar surface area (TPSA) is 83.1 Å². The summed E-state index contributed by atoms with van der Waals surface area (Å²) in [6.07, 6.45) is 10.1. The lowest BCUT2D eigenvalue weighted by Crippen LogP contribution is -2.32. The highest BCUT2D eigenvalue weighted by molar-refractivity contribution is 5.93. The van der Waals surface area contributed by atoms with Crippen LogP contribution in [-0.2, 0) is 38.6 Å². The first kappa shape index (κ1) is 35.2. The van der Waals surface area contributed by atoms with E-state index in [9.17, 15) is 9.59 Å². The molecule has 2 atom stereocenters. The number of anilines is 1. The van der Waals surface area contributed by atoms with E-state index in [2.05, 4.69) is 17.4 Å². The van der Waals surface area contributed by atoms with Crippen molar-refractivity contribution in [3.05, 3.63) is 101 Å². The number of rotatable bonds is 12. The van der Waals surface area contributed by atoms with Gasteiger partial charge in [0, 0.05) is 12.3 Å². The molecule has 248 valence electrons. The van der Waals surface area contributed by atoms with Crippen molar-refractivity contribution < 1.29 is 28.5 Å². The van der Waals surface area contributed by atoms with Crippen LogP contribution in [0.4, 0.5) is 10.5 Å². The second-order valence-corrected chi connectivity index (χ2v) is 13.1. The van der Waals surface area contributed by atoms with Gasteiger partial charge in [-0.15, -0.1) is 0 Å². The summed E-state index contributed by atoms with van der Waals surface area (Å²) in [7, 11) is 0. The van der Waals surface area contributed by atoms with Crippen LogP contribution in [0, 0.1) is 0 Å². The Hall–Kier alpha value is -3.68. The largest absolute Gasteiger partial charge is 0.457 e. The van der Waals surface area contributed by atoms with Crippen LogP contribution >= 0.6 is 0 Å². The first-order valence-electron chi connectivity index (χ1n) is 16.9. The van der Waals surface area contributed by atoms with Gasteiger partial charge in [-0.1, -0.05) is 99.2 Å². The Labute approximate surface area is 275 Å². The molecule has 1 amide bonds. The number of nitrogens with one attached hydrogen (secondary N) is 1. The minimum absolute atomic E-state index is 0.0253. The molecule has 0 radical (unpaired) electrons. The van der Waals surface area contributed by atoms with Crippen molar-refractivity contribution in [2.45, 2.75) is 116 Å². The zero-order valence-corrected chi connectivity index (χ0v) is 27.8. The van der Waals surface area contributed by atoms with Gasteiger partial charge in [0.1, 0.15) is 12.2 Å². The molecule has 0 bridgehead atoms. The van der Waals surface area contributed by atoms with Crippen LogP contribution < -0.4 is 5.32 Å². The average molecular weight is 630 g/mol. The van der Waals surface area contributed by atoms with Gasteiger partial charge in [-0.3, -0.25) is 5.32 Å². The Morgan fingerprint density at radius 3 is 1.96 bits per heavy atom. The number of aryl methyl sites for hydroxylation is 1. The Morgan fingerprint density at radius 1 is 0.739 bits per heavy atom. The molecule has 3 aromatic rings. The van der Waals surface area contributed by atoms with Crippen molar-refractivity contribution in [1.82, 2.24) is 0 Å². The van der Waals surface area contributed by atoms with Crippen molar-refractivity contribution in [2.75, 3.05) is 11.9 Å². The first-order chi connectivity index (χ1) is 22.3. The van der Waals surface area contributed by atoms with Gasteiger partial charge < -0.3 is 18.9 Å². The molecule has 7 heteroatoms. The zero-order chi connectivity index (χ0) is 32.6. The third-order valence-electron chi connectivity index (χ3n) is 8.05. The fourth-order valence-electron chi connectivity index (χ4n) is 5.73. The predicted octanol–water partition coefficient (Wildman–Crippen LogP) is 9.43. The maximum Gasteiger partial charge on any atom is 0.412 e. The van der Waals surface area contributed by atoms with E-state index in [1.165, 1.54) is 31.2 Å². The molecule has 1 saturated carbocycles. The second kappa shape index (κ2) is 18.5. The van der Waals surface area contributed by atoms with Gasteiger partial charge in [-0.25, -0.2) is 9.59 Å². The van der Waals surface area contributed by atoms with E-state index >= 15 is 0 Å². The molecule has 1 aliphatic rings. The van der Waals surface area contributed by atoms with E-state index in [-0.39, 0.29) is 18.8 Å². The van der Waals surface area contributed by atoms with Gasteiger partial charge in [-0.2, -0.15) is 0 Å². The molecular formula is C39H51NO6. The quantitative estimate of drug-likeness (QED) is 0.159. The minimum atomic E-state index is -0.622. The molecule has 0 aromatic heterocycles. The van der Waals surface area contributed by atoms with Gasteiger partial charge in [0.2, 0.25) is 0 Å². The number of carbonyl (C=O) groups is 2. The number of carbonyl (C=O) groups excluding carboxylic acids is 2. The van der Waals surface area contributed by atoms with Crippen molar-refractivity contribution in [3.8, 4) is 0 Å². The molecule has 0 saturated heterocycles. The van der Waals surface area contributed by atoms with Crippen molar-refractivity contribution in [2.24, 2.45) is 0 Å². The highest BCUT2D eigenvalue weighted by Crippen LogP contribution is 2.25. The summed E-state index contributed by atoms with van der Waals surface area (Å²) in [6.45, 7) is 6.77. The molecule has 0 heterocycles. The van der Waals surface area contributed by atoms with Gasteiger partial charge in [0.25, 0.3) is 0 Å². The minimum Gasteiger partial charge on any atom is -0.457 e. The lowest BCUT2D eigenvalue weighted by atomic mass is 9.96. The van der Waals surface area contributed by atoms with E-state index in [1.807, 2.05) is 75.4 Å². The summed E-state index contributed by atoms with van der Waals surface area (Å²) in [6, 6.07) is 25.2. The molecule has 0 spiro atoms. The van der Waals surface area contributed by atoms with Crippen LogP contribution in [0.3, 0.4) is 0 Å². The number of benzene rings is 3. The van der Waals surface area contributed by atoms with Crippen molar-refractivity contribution >= 4 is 17.7 Å². The molecule has 1 fully saturated rings. The molecule has 3 aromatic carbocycles. The molecule has 1 aliphatic carbocycles. The standard InChI is InChI=1S/C39H51NO6/c1-39(2,3)46-38(42)40-33-24-25-34(37(41)45-29-31-19-12-9-13-20-31)32(27-33)21-16-26-43-35-22-14-6-4-5-7-15-23-36(35)44-28-30-17-10-8-11-18-30/h8-13,17-20,24-25,27,35-36H,4-7,14-16,21-23,26,28-29H2,1-3H3,(H,40,42). The van der Waals surface area contributed by atoms with Crippen LogP contribution in [0.1, 0.15) is 106 Å². The lowest BCUT2D eigenvalue weighted by molar-refractivity contribution is -0.0882. The van der Waals surface area contributed by atoms with Gasteiger partial charge in [-0.05, 0) is 81.3 Å². The van der Waals surface area contributed by atoms with E-state index in [0.717, 1.165) is 36.8 Å². The number of hydrogen-bond acceptors (Lipinski definition) is 6. The first-order valence-corrected chi connectivity index (χ1v) is 16.9. The number of amides is 1. The molecule has 7 nitrogen and oxygen atoms in total. The third kappa shape index (κ3) is 12.6. The van der Waals surface area contributed by atoms with Crippen LogP contribution in [0.2, 0.25) is 0 Å².